The zero-order valence-electron chi connectivity index (χ0n) is 13.8. The Kier molecular flexibility index (Phi) is 5.25. The molecular formula is C18H20N4O3. The number of carbonyl (C=O) groups is 1. The van der Waals surface area contributed by atoms with Gasteiger partial charge >= 0.3 is 6.03 Å². The first-order valence-electron chi connectivity index (χ1n) is 8.24. The monoisotopic (exact) mass is 340 g/mol. The average Bonchev–Trinajstić information content (AvgIpc) is 3.10. The van der Waals surface area contributed by atoms with Crippen LogP contribution in [-0.2, 0) is 6.54 Å². The van der Waals surface area contributed by atoms with Crippen LogP contribution in [0.5, 0.6) is 0 Å². The summed E-state index contributed by atoms with van der Waals surface area (Å²) in [7, 11) is 0. The molecular weight excluding hydrogens is 320 g/mol. The topological polar surface area (TPSA) is 87.5 Å². The highest BCUT2D eigenvalue weighted by Crippen LogP contribution is 2.23. The molecule has 1 saturated heterocycles. The summed E-state index contributed by atoms with van der Waals surface area (Å²) in [4.78, 5) is 24.9. The third kappa shape index (κ3) is 4.54. The van der Waals surface area contributed by atoms with E-state index in [9.17, 15) is 14.9 Å². The Balaban J connectivity index is 1.58. The molecule has 7 nitrogen and oxygen atoms in total. The van der Waals surface area contributed by atoms with E-state index in [2.05, 4.69) is 15.5 Å². The number of rotatable bonds is 5. The van der Waals surface area contributed by atoms with Crippen LogP contribution in [0.2, 0.25) is 0 Å². The lowest BCUT2D eigenvalue weighted by molar-refractivity contribution is -0.383. The van der Waals surface area contributed by atoms with Gasteiger partial charge in [0, 0.05) is 18.3 Å². The van der Waals surface area contributed by atoms with Gasteiger partial charge in [0.1, 0.15) is 5.69 Å². The summed E-state index contributed by atoms with van der Waals surface area (Å²) in [6.45, 7) is 3.19. The van der Waals surface area contributed by atoms with Crippen LogP contribution in [0.15, 0.2) is 48.5 Å². The van der Waals surface area contributed by atoms with Crippen molar-refractivity contribution in [3.05, 3.63) is 64.2 Å². The molecule has 2 N–H and O–H groups in total. The number of carbonyl (C=O) groups excluding carboxylic acids is 1. The van der Waals surface area contributed by atoms with Gasteiger partial charge in [-0.15, -0.1) is 0 Å². The van der Waals surface area contributed by atoms with Crippen LogP contribution in [0.4, 0.5) is 21.9 Å². The molecule has 0 aromatic heterocycles. The Morgan fingerprint density at radius 3 is 2.40 bits per heavy atom. The van der Waals surface area contributed by atoms with Crippen molar-refractivity contribution in [1.82, 2.24) is 4.90 Å². The number of nitro benzene ring substituents is 1. The van der Waals surface area contributed by atoms with Crippen molar-refractivity contribution >= 4 is 23.1 Å². The number of nitrogens with one attached hydrogen (secondary N) is 2. The minimum Gasteiger partial charge on any atom is -0.308 e. The number of anilines is 2. The molecule has 2 amide bonds. The lowest BCUT2D eigenvalue weighted by Crippen LogP contribution is -2.20. The van der Waals surface area contributed by atoms with Crippen LogP contribution in [0, 0.1) is 10.1 Å². The van der Waals surface area contributed by atoms with Gasteiger partial charge in [0.25, 0.3) is 5.69 Å². The second kappa shape index (κ2) is 7.76. The number of likely N-dealkylation sites (tertiary alicyclic amines) is 1. The highest BCUT2D eigenvalue weighted by Gasteiger charge is 2.15. The van der Waals surface area contributed by atoms with E-state index in [0.29, 0.717) is 5.69 Å². The van der Waals surface area contributed by atoms with Gasteiger partial charge in [-0.1, -0.05) is 24.3 Å². The maximum atomic E-state index is 12.1. The minimum absolute atomic E-state index is 0.140. The number of nitrogens with zero attached hydrogens (tertiary/aromatic N) is 2. The van der Waals surface area contributed by atoms with Crippen LogP contribution in [0.25, 0.3) is 0 Å². The molecule has 3 rings (SSSR count). The second-order valence-corrected chi connectivity index (χ2v) is 6.03. The molecule has 0 radical (unpaired) electrons. The molecule has 0 bridgehead atoms. The highest BCUT2D eigenvalue weighted by molar-refractivity contribution is 6.01. The normalized spacial score (nSPS) is 14.2. The van der Waals surface area contributed by atoms with Crippen molar-refractivity contribution in [2.24, 2.45) is 0 Å². The Labute approximate surface area is 145 Å². The minimum atomic E-state index is -0.525. The molecule has 1 aliphatic heterocycles. The van der Waals surface area contributed by atoms with Crippen molar-refractivity contribution in [2.45, 2.75) is 19.4 Å². The van der Waals surface area contributed by atoms with E-state index in [4.69, 9.17) is 0 Å². The van der Waals surface area contributed by atoms with Crippen molar-refractivity contribution in [1.29, 1.82) is 0 Å². The number of hydrogen-bond acceptors (Lipinski definition) is 4. The summed E-state index contributed by atoms with van der Waals surface area (Å²) in [5.41, 5.74) is 1.86. The number of para-hydroxylation sites is 2. The van der Waals surface area contributed by atoms with E-state index in [1.54, 1.807) is 12.1 Å². The number of nitro groups is 1. The van der Waals surface area contributed by atoms with E-state index in [1.807, 2.05) is 24.3 Å². The Morgan fingerprint density at radius 1 is 1.04 bits per heavy atom. The highest BCUT2D eigenvalue weighted by atomic mass is 16.6. The molecule has 7 heteroatoms. The van der Waals surface area contributed by atoms with E-state index in [-0.39, 0.29) is 11.4 Å². The molecule has 25 heavy (non-hydrogen) atoms. The molecule has 2 aromatic carbocycles. The van der Waals surface area contributed by atoms with Crippen molar-refractivity contribution in [3.63, 3.8) is 0 Å². The molecule has 130 valence electrons. The SMILES string of the molecule is O=C(Nc1ccc(CN2CCCC2)cc1)Nc1ccccc1[N+](=O)[O-]. The molecule has 0 unspecified atom stereocenters. The molecule has 1 heterocycles. The van der Waals surface area contributed by atoms with Gasteiger partial charge in [0.15, 0.2) is 0 Å². The first-order chi connectivity index (χ1) is 12.1. The summed E-state index contributed by atoms with van der Waals surface area (Å²) in [5, 5.41) is 16.2. The van der Waals surface area contributed by atoms with Gasteiger partial charge in [-0.05, 0) is 49.7 Å². The lowest BCUT2D eigenvalue weighted by atomic mass is 10.2. The third-order valence-corrected chi connectivity index (χ3v) is 4.17. The first-order valence-corrected chi connectivity index (χ1v) is 8.24. The molecule has 1 aliphatic rings. The fourth-order valence-corrected chi connectivity index (χ4v) is 2.92. The van der Waals surface area contributed by atoms with Gasteiger partial charge in [0.05, 0.1) is 4.92 Å². The van der Waals surface area contributed by atoms with Crippen LogP contribution >= 0.6 is 0 Å². The fourth-order valence-electron chi connectivity index (χ4n) is 2.92. The zero-order valence-corrected chi connectivity index (χ0v) is 13.8. The first kappa shape index (κ1) is 16.9. The predicted octanol–water partition coefficient (Wildman–Crippen LogP) is 3.83. The van der Waals surface area contributed by atoms with Crippen molar-refractivity contribution in [3.8, 4) is 0 Å². The Morgan fingerprint density at radius 2 is 1.72 bits per heavy atom. The van der Waals surface area contributed by atoms with Crippen molar-refractivity contribution in [2.75, 3.05) is 23.7 Å². The maximum Gasteiger partial charge on any atom is 0.323 e. The summed E-state index contributed by atoms with van der Waals surface area (Å²) < 4.78 is 0. The number of amides is 2. The van der Waals surface area contributed by atoms with Crippen molar-refractivity contribution < 1.29 is 9.72 Å². The molecule has 0 atom stereocenters. The molecule has 0 saturated carbocycles. The third-order valence-electron chi connectivity index (χ3n) is 4.17. The van der Waals surface area contributed by atoms with E-state index >= 15 is 0 Å². The van der Waals surface area contributed by atoms with Gasteiger partial charge in [0.2, 0.25) is 0 Å². The van der Waals surface area contributed by atoms with E-state index in [1.165, 1.54) is 30.5 Å². The molecule has 0 spiro atoms. The average molecular weight is 340 g/mol. The lowest BCUT2D eigenvalue weighted by Gasteiger charge is -2.15. The molecule has 1 fully saturated rings. The Hall–Kier alpha value is -2.93. The molecule has 0 aliphatic carbocycles. The van der Waals surface area contributed by atoms with Gasteiger partial charge in [-0.25, -0.2) is 4.79 Å². The van der Waals surface area contributed by atoms with Crippen LogP contribution in [-0.4, -0.2) is 28.9 Å². The van der Waals surface area contributed by atoms with Gasteiger partial charge < -0.3 is 10.6 Å². The summed E-state index contributed by atoms with van der Waals surface area (Å²) >= 11 is 0. The van der Waals surface area contributed by atoms with Crippen LogP contribution in [0.3, 0.4) is 0 Å². The van der Waals surface area contributed by atoms with Gasteiger partial charge in [-0.3, -0.25) is 15.0 Å². The van der Waals surface area contributed by atoms with Gasteiger partial charge in [-0.2, -0.15) is 0 Å². The zero-order chi connectivity index (χ0) is 17.6. The summed E-state index contributed by atoms with van der Waals surface area (Å²) in [6.07, 6.45) is 2.51. The van der Waals surface area contributed by atoms with E-state index < -0.39 is 11.0 Å². The number of urea groups is 1. The smallest absolute Gasteiger partial charge is 0.308 e. The number of benzene rings is 2. The predicted molar refractivity (Wildman–Crippen MR) is 96.7 cm³/mol. The second-order valence-electron chi connectivity index (χ2n) is 6.03. The molecule has 2 aromatic rings. The van der Waals surface area contributed by atoms with Crippen LogP contribution < -0.4 is 10.6 Å². The summed E-state index contributed by atoms with van der Waals surface area (Å²) in [5.74, 6) is 0. The van der Waals surface area contributed by atoms with E-state index in [0.717, 1.165) is 19.6 Å². The fraction of sp³-hybridized carbons (Fsp3) is 0.278. The largest absolute Gasteiger partial charge is 0.323 e. The summed E-state index contributed by atoms with van der Waals surface area (Å²) in [6, 6.07) is 13.2. The number of hydrogen-bond donors (Lipinski definition) is 2. The quantitative estimate of drug-likeness (QED) is 0.639. The standard InChI is InChI=1S/C18H20N4O3/c23-18(20-16-5-1-2-6-17(16)22(24)25)19-15-9-7-14(8-10-15)13-21-11-3-4-12-21/h1-2,5-10H,3-4,11-13H2,(H2,19,20,23). The van der Waals surface area contributed by atoms with Crippen LogP contribution in [0.1, 0.15) is 18.4 Å². The Bertz CT molecular complexity index is 755. The maximum absolute atomic E-state index is 12.1.